The van der Waals surface area contributed by atoms with E-state index >= 15 is 0 Å². The van der Waals surface area contributed by atoms with Crippen molar-refractivity contribution in [1.82, 2.24) is 0 Å². The molecule has 2 aromatic rings. The summed E-state index contributed by atoms with van der Waals surface area (Å²) >= 11 is 0. The molecule has 0 radical (unpaired) electrons. The molecule has 0 atom stereocenters. The topological polar surface area (TPSA) is 89.6 Å². The first-order chi connectivity index (χ1) is 11.2. The first-order valence-electron chi connectivity index (χ1n) is 6.50. The number of methoxy groups -OCH3 is 1. The second kappa shape index (κ2) is 8.00. The minimum absolute atomic E-state index is 0.308. The van der Waals surface area contributed by atoms with Gasteiger partial charge in [0, 0.05) is 5.56 Å². The van der Waals surface area contributed by atoms with Crippen molar-refractivity contribution in [1.29, 1.82) is 0 Å². The Bertz CT molecular complexity index is 715. The van der Waals surface area contributed by atoms with E-state index < -0.39 is 23.3 Å². The van der Waals surface area contributed by atoms with Gasteiger partial charge >= 0.3 is 12.1 Å². The minimum atomic E-state index is -4.71. The van der Waals surface area contributed by atoms with Gasteiger partial charge in [0.05, 0.1) is 12.7 Å². The molecule has 0 bridgehead atoms. The number of primary amides is 1. The van der Waals surface area contributed by atoms with Crippen LogP contribution in [0.15, 0.2) is 48.5 Å². The number of carbonyl (C=O) groups excluding carboxylic acids is 1. The lowest BCUT2D eigenvalue weighted by Gasteiger charge is -2.12. The Morgan fingerprint density at radius 1 is 1.04 bits per heavy atom. The fraction of sp³-hybridized carbons (Fsp3) is 0.125. The molecular weight excluding hydrogens is 327 g/mol. The van der Waals surface area contributed by atoms with Crippen LogP contribution in [0.4, 0.5) is 13.2 Å². The van der Waals surface area contributed by atoms with Gasteiger partial charge in [-0.1, -0.05) is 24.3 Å². The number of benzene rings is 2. The fourth-order valence-electron chi connectivity index (χ4n) is 1.76. The number of halogens is 3. The van der Waals surface area contributed by atoms with Gasteiger partial charge in [-0.05, 0) is 24.3 Å². The van der Waals surface area contributed by atoms with Crippen molar-refractivity contribution < 1.29 is 32.6 Å². The maximum absolute atomic E-state index is 12.4. The summed E-state index contributed by atoms with van der Waals surface area (Å²) in [5.41, 5.74) is 3.45. The van der Waals surface area contributed by atoms with Gasteiger partial charge in [-0.15, -0.1) is 0 Å². The van der Waals surface area contributed by atoms with Gasteiger partial charge in [0.25, 0.3) is 0 Å². The molecule has 24 heavy (non-hydrogen) atoms. The first-order valence-corrected chi connectivity index (χ1v) is 6.50. The lowest BCUT2D eigenvalue weighted by Crippen LogP contribution is -2.13. The number of rotatable bonds is 3. The number of carboxylic acids is 1. The molecule has 0 aromatic heterocycles. The Morgan fingerprint density at radius 2 is 1.62 bits per heavy atom. The largest absolute Gasteiger partial charge is 0.496 e. The van der Waals surface area contributed by atoms with Crippen molar-refractivity contribution in [3.63, 3.8) is 0 Å². The highest BCUT2D eigenvalue weighted by molar-refractivity contribution is 5.93. The van der Waals surface area contributed by atoms with E-state index in [1.54, 1.807) is 24.3 Å². The monoisotopic (exact) mass is 341 g/mol. The fourth-order valence-corrected chi connectivity index (χ4v) is 1.76. The molecular formula is C16H14F3NO4. The molecule has 1 amide bonds. The van der Waals surface area contributed by atoms with Crippen molar-refractivity contribution in [2.75, 3.05) is 7.11 Å². The van der Waals surface area contributed by atoms with Crippen molar-refractivity contribution in [3.05, 3.63) is 65.2 Å². The zero-order valence-corrected chi connectivity index (χ0v) is 12.5. The Hall–Kier alpha value is -3.03. The number of carbonyl (C=O) groups is 2. The van der Waals surface area contributed by atoms with Gasteiger partial charge in [0.1, 0.15) is 11.3 Å². The summed E-state index contributed by atoms with van der Waals surface area (Å²) in [6.45, 7) is 0. The molecule has 0 aliphatic rings. The Morgan fingerprint density at radius 3 is 2.00 bits per heavy atom. The van der Waals surface area contributed by atoms with Gasteiger partial charge in [-0.3, -0.25) is 4.79 Å². The summed E-state index contributed by atoms with van der Waals surface area (Å²) in [6, 6.07) is 11.7. The van der Waals surface area contributed by atoms with Gasteiger partial charge in [0.2, 0.25) is 5.91 Å². The van der Waals surface area contributed by atoms with Crippen molar-refractivity contribution in [2.24, 2.45) is 5.73 Å². The van der Waals surface area contributed by atoms with Crippen molar-refractivity contribution >= 4 is 11.9 Å². The SMILES string of the molecule is COc1cccc(C(F)(F)F)c1C(=O)O.NC(=O)c1ccccc1. The van der Waals surface area contributed by atoms with E-state index in [1.807, 2.05) is 6.07 Å². The molecule has 2 aromatic carbocycles. The van der Waals surface area contributed by atoms with Crippen LogP contribution < -0.4 is 10.5 Å². The smallest absolute Gasteiger partial charge is 0.417 e. The van der Waals surface area contributed by atoms with Gasteiger partial charge in [-0.25, -0.2) is 4.79 Å². The third kappa shape index (κ3) is 5.01. The Labute approximate surface area is 135 Å². The minimum Gasteiger partial charge on any atom is -0.496 e. The van der Waals surface area contributed by atoms with Gasteiger partial charge < -0.3 is 15.6 Å². The molecule has 0 aliphatic heterocycles. The molecule has 3 N–H and O–H groups in total. The molecule has 0 spiro atoms. The zero-order valence-electron chi connectivity index (χ0n) is 12.5. The van der Waals surface area contributed by atoms with Crippen LogP contribution in [0.1, 0.15) is 26.3 Å². The molecule has 128 valence electrons. The summed E-state index contributed by atoms with van der Waals surface area (Å²) in [4.78, 5) is 21.1. The van der Waals surface area contributed by atoms with Crippen LogP contribution in [0.2, 0.25) is 0 Å². The maximum atomic E-state index is 12.4. The zero-order chi connectivity index (χ0) is 18.3. The average Bonchev–Trinajstić information content (AvgIpc) is 2.54. The average molecular weight is 341 g/mol. The number of nitrogens with two attached hydrogens (primary N) is 1. The second-order valence-corrected chi connectivity index (χ2v) is 4.42. The van der Waals surface area contributed by atoms with E-state index in [-0.39, 0.29) is 11.7 Å². The molecule has 0 heterocycles. The standard InChI is InChI=1S/C9H7F3O3.C7H7NO/c1-15-6-4-2-3-5(9(10,11)12)7(6)8(13)14;8-7(9)6-4-2-1-3-5-6/h2-4H,1H3,(H,13,14);1-5H,(H2,8,9). The van der Waals surface area contributed by atoms with E-state index in [1.165, 1.54) is 6.07 Å². The molecule has 0 aliphatic carbocycles. The van der Waals surface area contributed by atoms with Gasteiger partial charge in [0.15, 0.2) is 0 Å². The second-order valence-electron chi connectivity index (χ2n) is 4.42. The van der Waals surface area contributed by atoms with E-state index in [0.717, 1.165) is 13.2 Å². The molecule has 0 saturated carbocycles. The van der Waals surface area contributed by atoms with Crippen LogP contribution in [-0.2, 0) is 6.18 Å². The number of amides is 1. The predicted molar refractivity (Wildman–Crippen MR) is 79.9 cm³/mol. The third-order valence-electron chi connectivity index (χ3n) is 2.82. The van der Waals surface area contributed by atoms with Crippen LogP contribution in [0, 0.1) is 0 Å². The third-order valence-corrected chi connectivity index (χ3v) is 2.82. The lowest BCUT2D eigenvalue weighted by molar-refractivity contribution is -0.138. The number of ether oxygens (including phenoxy) is 1. The molecule has 0 unspecified atom stereocenters. The normalized spacial score (nSPS) is 10.3. The quantitative estimate of drug-likeness (QED) is 0.897. The Balaban J connectivity index is 0.000000272. The molecule has 0 saturated heterocycles. The molecule has 8 heteroatoms. The number of alkyl halides is 3. The van der Waals surface area contributed by atoms with Crippen LogP contribution >= 0.6 is 0 Å². The van der Waals surface area contributed by atoms with Crippen molar-refractivity contribution in [3.8, 4) is 5.75 Å². The lowest BCUT2D eigenvalue weighted by atomic mass is 10.1. The summed E-state index contributed by atoms with van der Waals surface area (Å²) in [6.07, 6.45) is -4.71. The molecule has 0 fully saturated rings. The van der Waals surface area contributed by atoms with E-state index in [9.17, 15) is 22.8 Å². The predicted octanol–water partition coefficient (Wildman–Crippen LogP) is 3.20. The summed E-state index contributed by atoms with van der Waals surface area (Å²) in [5, 5.41) is 8.66. The Kier molecular flexibility index (Phi) is 6.34. The number of hydrogen-bond acceptors (Lipinski definition) is 3. The number of aromatic carboxylic acids is 1. The molecule has 2 rings (SSSR count). The highest BCUT2D eigenvalue weighted by atomic mass is 19.4. The van der Waals surface area contributed by atoms with Gasteiger partial charge in [-0.2, -0.15) is 13.2 Å². The van der Waals surface area contributed by atoms with Crippen molar-refractivity contribution in [2.45, 2.75) is 6.18 Å². The maximum Gasteiger partial charge on any atom is 0.417 e. The van der Waals surface area contributed by atoms with Crippen LogP contribution in [0.3, 0.4) is 0 Å². The highest BCUT2D eigenvalue weighted by Crippen LogP contribution is 2.35. The van der Waals surface area contributed by atoms with E-state index in [2.05, 4.69) is 4.74 Å². The first kappa shape index (κ1) is 19.0. The van der Waals surface area contributed by atoms with Crippen LogP contribution in [0.25, 0.3) is 0 Å². The summed E-state index contributed by atoms with van der Waals surface area (Å²) < 4.78 is 41.8. The van der Waals surface area contributed by atoms with Crippen LogP contribution in [-0.4, -0.2) is 24.1 Å². The molecule has 5 nitrogen and oxygen atoms in total. The van der Waals surface area contributed by atoms with E-state index in [4.69, 9.17) is 10.8 Å². The number of hydrogen-bond donors (Lipinski definition) is 2. The van der Waals surface area contributed by atoms with Crippen LogP contribution in [0.5, 0.6) is 5.75 Å². The number of carboxylic acid groups (broad SMARTS) is 1. The summed E-state index contributed by atoms with van der Waals surface area (Å²) in [5.74, 6) is -2.35. The summed E-state index contributed by atoms with van der Waals surface area (Å²) in [7, 11) is 1.11. The highest BCUT2D eigenvalue weighted by Gasteiger charge is 2.36. The van der Waals surface area contributed by atoms with E-state index in [0.29, 0.717) is 11.6 Å².